The van der Waals surface area contributed by atoms with Gasteiger partial charge in [0, 0.05) is 43.7 Å². The van der Waals surface area contributed by atoms with Crippen molar-refractivity contribution >= 4 is 25.3 Å². The van der Waals surface area contributed by atoms with Crippen LogP contribution < -0.4 is 0 Å². The molecule has 0 amide bonds. The molecular weight excluding hydrogens is 200 g/mol. The molecule has 1 aliphatic heterocycles. The molecule has 1 unspecified atom stereocenters. The van der Waals surface area contributed by atoms with Crippen LogP contribution in [0.5, 0.6) is 0 Å². The zero-order chi connectivity index (χ0) is 9.68. The lowest BCUT2D eigenvalue weighted by Gasteiger charge is -2.34. The molecule has 1 heterocycles. The van der Waals surface area contributed by atoms with Crippen LogP contribution in [0.15, 0.2) is 0 Å². The molecule has 4 heteroatoms. The van der Waals surface area contributed by atoms with Gasteiger partial charge in [-0.15, -0.1) is 0 Å². The van der Waals surface area contributed by atoms with Crippen LogP contribution in [-0.2, 0) is 0 Å². The van der Waals surface area contributed by atoms with E-state index in [4.69, 9.17) is 0 Å². The molecule has 1 atom stereocenters. The van der Waals surface area contributed by atoms with E-state index >= 15 is 0 Å². The predicted octanol–water partition coefficient (Wildman–Crippen LogP) is 0.852. The number of hydrogen-bond acceptors (Lipinski definition) is 4. The third kappa shape index (κ3) is 4.11. The standard InChI is InChI=1S/C9H20N2S2/c1-2-10-3-5-11(6-4-10)7-9(13)8-12/h9,12-13H,2-8H2,1H3. The van der Waals surface area contributed by atoms with E-state index in [0.29, 0.717) is 5.25 Å². The van der Waals surface area contributed by atoms with Crippen molar-refractivity contribution in [2.24, 2.45) is 0 Å². The first-order valence-corrected chi connectivity index (χ1v) is 6.14. The third-order valence-electron chi connectivity index (χ3n) is 2.59. The lowest BCUT2D eigenvalue weighted by molar-refractivity contribution is 0.139. The van der Waals surface area contributed by atoms with Gasteiger partial charge in [0.15, 0.2) is 0 Å². The Morgan fingerprint density at radius 1 is 1.15 bits per heavy atom. The first kappa shape index (κ1) is 11.7. The predicted molar refractivity (Wildman–Crippen MR) is 65.2 cm³/mol. The smallest absolute Gasteiger partial charge is 0.0232 e. The van der Waals surface area contributed by atoms with Crippen molar-refractivity contribution in [2.45, 2.75) is 12.2 Å². The van der Waals surface area contributed by atoms with Crippen LogP contribution in [0.2, 0.25) is 0 Å². The summed E-state index contributed by atoms with van der Waals surface area (Å²) in [5, 5.41) is 0.427. The topological polar surface area (TPSA) is 6.48 Å². The first-order chi connectivity index (χ1) is 6.26. The minimum atomic E-state index is 0.427. The highest BCUT2D eigenvalue weighted by Crippen LogP contribution is 2.05. The summed E-state index contributed by atoms with van der Waals surface area (Å²) in [5.74, 6) is 0.872. The molecule has 0 spiro atoms. The maximum atomic E-state index is 4.45. The molecular formula is C9H20N2S2. The molecule has 13 heavy (non-hydrogen) atoms. The number of hydrogen-bond donors (Lipinski definition) is 2. The SMILES string of the molecule is CCN1CCN(CC(S)CS)CC1. The Morgan fingerprint density at radius 3 is 2.15 bits per heavy atom. The number of likely N-dealkylation sites (N-methyl/N-ethyl adjacent to an activating group) is 1. The average Bonchev–Trinajstić information content (AvgIpc) is 2.19. The molecule has 78 valence electrons. The zero-order valence-electron chi connectivity index (χ0n) is 8.32. The number of rotatable bonds is 4. The minimum Gasteiger partial charge on any atom is -0.301 e. The van der Waals surface area contributed by atoms with Crippen molar-refractivity contribution < 1.29 is 0 Å². The molecule has 1 saturated heterocycles. The van der Waals surface area contributed by atoms with Crippen molar-refractivity contribution in [3.63, 3.8) is 0 Å². The van der Waals surface area contributed by atoms with Gasteiger partial charge >= 0.3 is 0 Å². The van der Waals surface area contributed by atoms with Gasteiger partial charge in [-0.25, -0.2) is 0 Å². The summed E-state index contributed by atoms with van der Waals surface area (Å²) in [7, 11) is 0. The summed E-state index contributed by atoms with van der Waals surface area (Å²) in [6.07, 6.45) is 0. The van der Waals surface area contributed by atoms with Gasteiger partial charge in [0.2, 0.25) is 0 Å². The Balaban J connectivity index is 2.17. The third-order valence-corrected chi connectivity index (χ3v) is 3.67. The fourth-order valence-electron chi connectivity index (χ4n) is 1.64. The molecule has 0 aliphatic carbocycles. The monoisotopic (exact) mass is 220 g/mol. The minimum absolute atomic E-state index is 0.427. The maximum absolute atomic E-state index is 4.45. The highest BCUT2D eigenvalue weighted by molar-refractivity contribution is 7.84. The molecule has 0 aromatic heterocycles. The second-order valence-corrected chi connectivity index (χ2v) is 4.67. The van der Waals surface area contributed by atoms with Gasteiger partial charge in [0.05, 0.1) is 0 Å². The van der Waals surface area contributed by atoms with Crippen molar-refractivity contribution in [1.29, 1.82) is 0 Å². The highest BCUT2D eigenvalue weighted by Gasteiger charge is 2.16. The summed E-state index contributed by atoms with van der Waals surface area (Å²) in [6.45, 7) is 9.31. The van der Waals surface area contributed by atoms with Crippen LogP contribution >= 0.6 is 25.3 Å². The summed E-state index contributed by atoms with van der Waals surface area (Å²) in [6, 6.07) is 0. The van der Waals surface area contributed by atoms with Crippen molar-refractivity contribution in [3.8, 4) is 0 Å². The summed E-state index contributed by atoms with van der Waals surface area (Å²) in [4.78, 5) is 4.98. The van der Waals surface area contributed by atoms with Crippen LogP contribution in [0.25, 0.3) is 0 Å². The van der Waals surface area contributed by atoms with Gasteiger partial charge in [-0.05, 0) is 6.54 Å². The Bertz CT molecular complexity index is 136. The fraction of sp³-hybridized carbons (Fsp3) is 1.00. The van der Waals surface area contributed by atoms with Crippen molar-refractivity contribution in [2.75, 3.05) is 45.0 Å². The van der Waals surface area contributed by atoms with Crippen LogP contribution in [0.3, 0.4) is 0 Å². The Morgan fingerprint density at radius 2 is 1.69 bits per heavy atom. The lowest BCUT2D eigenvalue weighted by atomic mass is 10.3. The summed E-state index contributed by atoms with van der Waals surface area (Å²) < 4.78 is 0. The Kier molecular flexibility index (Phi) is 5.55. The summed E-state index contributed by atoms with van der Waals surface area (Å²) in [5.41, 5.74) is 0. The largest absolute Gasteiger partial charge is 0.301 e. The van der Waals surface area contributed by atoms with Gasteiger partial charge in [-0.2, -0.15) is 25.3 Å². The van der Waals surface area contributed by atoms with Crippen LogP contribution in [0, 0.1) is 0 Å². The van der Waals surface area contributed by atoms with E-state index in [1.165, 1.54) is 32.7 Å². The Labute approximate surface area is 92.5 Å². The molecule has 1 fully saturated rings. The Hall–Kier alpha value is 0.620. The second kappa shape index (κ2) is 6.17. The van der Waals surface area contributed by atoms with Gasteiger partial charge in [0.25, 0.3) is 0 Å². The second-order valence-electron chi connectivity index (χ2n) is 3.57. The quantitative estimate of drug-likeness (QED) is 0.678. The van der Waals surface area contributed by atoms with E-state index < -0.39 is 0 Å². The first-order valence-electron chi connectivity index (χ1n) is 5.00. The van der Waals surface area contributed by atoms with E-state index in [0.717, 1.165) is 12.3 Å². The van der Waals surface area contributed by atoms with Gasteiger partial charge in [0.1, 0.15) is 0 Å². The molecule has 0 bridgehead atoms. The van der Waals surface area contributed by atoms with E-state index in [2.05, 4.69) is 42.0 Å². The van der Waals surface area contributed by atoms with Crippen molar-refractivity contribution in [3.05, 3.63) is 0 Å². The van der Waals surface area contributed by atoms with E-state index in [1.807, 2.05) is 0 Å². The number of thiol groups is 2. The van der Waals surface area contributed by atoms with Crippen molar-refractivity contribution in [1.82, 2.24) is 9.80 Å². The molecule has 0 radical (unpaired) electrons. The highest BCUT2D eigenvalue weighted by atomic mass is 32.1. The van der Waals surface area contributed by atoms with Crippen LogP contribution in [-0.4, -0.2) is 60.1 Å². The van der Waals surface area contributed by atoms with E-state index in [1.54, 1.807) is 0 Å². The molecule has 2 nitrogen and oxygen atoms in total. The molecule has 0 aromatic carbocycles. The van der Waals surface area contributed by atoms with Gasteiger partial charge in [-0.3, -0.25) is 4.90 Å². The maximum Gasteiger partial charge on any atom is 0.0232 e. The molecule has 0 saturated carbocycles. The van der Waals surface area contributed by atoms with E-state index in [9.17, 15) is 0 Å². The number of piperazine rings is 1. The van der Waals surface area contributed by atoms with Gasteiger partial charge in [-0.1, -0.05) is 6.92 Å². The van der Waals surface area contributed by atoms with Crippen LogP contribution in [0.4, 0.5) is 0 Å². The number of nitrogens with zero attached hydrogens (tertiary/aromatic N) is 2. The average molecular weight is 220 g/mol. The molecule has 0 aromatic rings. The molecule has 1 aliphatic rings. The lowest BCUT2D eigenvalue weighted by Crippen LogP contribution is -2.47. The zero-order valence-corrected chi connectivity index (χ0v) is 10.1. The molecule has 1 rings (SSSR count). The molecule has 0 N–H and O–H groups in total. The normalized spacial score (nSPS) is 23.3. The van der Waals surface area contributed by atoms with E-state index in [-0.39, 0.29) is 0 Å². The van der Waals surface area contributed by atoms with Crippen LogP contribution in [0.1, 0.15) is 6.92 Å². The van der Waals surface area contributed by atoms with Gasteiger partial charge < -0.3 is 4.90 Å². The summed E-state index contributed by atoms with van der Waals surface area (Å²) >= 11 is 8.69. The fourth-order valence-corrected chi connectivity index (χ4v) is 1.99.